The first-order valence-corrected chi connectivity index (χ1v) is 7.01. The number of hydrogen-bond donors (Lipinski definition) is 0. The van der Waals surface area contributed by atoms with E-state index in [1.807, 2.05) is 30.3 Å². The van der Waals surface area contributed by atoms with Crippen LogP contribution in [0.3, 0.4) is 0 Å². The zero-order valence-corrected chi connectivity index (χ0v) is 11.6. The second kappa shape index (κ2) is 6.83. The van der Waals surface area contributed by atoms with Gasteiger partial charge in [-0.1, -0.05) is 44.2 Å². The van der Waals surface area contributed by atoms with E-state index in [1.165, 1.54) is 0 Å². The minimum absolute atomic E-state index is 0.0918. The van der Waals surface area contributed by atoms with Gasteiger partial charge < -0.3 is 14.3 Å². The van der Waals surface area contributed by atoms with Crippen LogP contribution in [0.15, 0.2) is 30.3 Å². The third-order valence-corrected chi connectivity index (χ3v) is 3.83. The van der Waals surface area contributed by atoms with Gasteiger partial charge in [-0.25, -0.2) is 0 Å². The predicted octanol–water partition coefficient (Wildman–Crippen LogP) is 3.35. The number of carbonyl (C=O) groups is 1. The molecule has 1 saturated heterocycles. The van der Waals surface area contributed by atoms with Crippen molar-refractivity contribution in [2.24, 2.45) is 11.8 Å². The Morgan fingerprint density at radius 1 is 1.37 bits per heavy atom. The molecule has 104 valence electrons. The average Bonchev–Trinajstić information content (AvgIpc) is 2.47. The second-order valence-corrected chi connectivity index (χ2v) is 5.22. The molecule has 0 saturated carbocycles. The van der Waals surface area contributed by atoms with Crippen molar-refractivity contribution in [3.05, 3.63) is 35.9 Å². The van der Waals surface area contributed by atoms with Gasteiger partial charge in [0.2, 0.25) is 0 Å². The lowest BCUT2D eigenvalue weighted by molar-refractivity contribution is -0.252. The van der Waals surface area contributed by atoms with Crippen molar-refractivity contribution in [1.29, 1.82) is 0 Å². The van der Waals surface area contributed by atoms with E-state index in [9.17, 15) is 4.79 Å². The van der Waals surface area contributed by atoms with Crippen LogP contribution in [-0.2, 0) is 14.3 Å². The van der Waals surface area contributed by atoms with Crippen molar-refractivity contribution < 1.29 is 14.3 Å². The maximum absolute atomic E-state index is 10.7. The summed E-state index contributed by atoms with van der Waals surface area (Å²) in [6.45, 7) is 4.92. The van der Waals surface area contributed by atoms with Gasteiger partial charge in [-0.05, 0) is 12.3 Å². The largest absolute Gasteiger partial charge is 0.348 e. The SMILES string of the molecule is CC[C@@H]1CO[C@@H](c2ccccc2)O[C@H]1[C@@H](C)CC=O. The molecule has 0 N–H and O–H groups in total. The van der Waals surface area contributed by atoms with Crippen LogP contribution in [-0.4, -0.2) is 19.0 Å². The molecule has 1 heterocycles. The molecule has 0 amide bonds. The Kier molecular flexibility index (Phi) is 5.11. The molecule has 0 unspecified atom stereocenters. The number of benzene rings is 1. The zero-order chi connectivity index (χ0) is 13.7. The molecule has 0 spiro atoms. The van der Waals surface area contributed by atoms with Crippen molar-refractivity contribution in [1.82, 2.24) is 0 Å². The molecule has 1 aromatic carbocycles. The normalized spacial score (nSPS) is 28.8. The Morgan fingerprint density at radius 3 is 2.74 bits per heavy atom. The molecule has 1 aromatic rings. The van der Waals surface area contributed by atoms with E-state index < -0.39 is 0 Å². The molecule has 0 radical (unpaired) electrons. The van der Waals surface area contributed by atoms with E-state index in [0.29, 0.717) is 18.9 Å². The van der Waals surface area contributed by atoms with Crippen molar-refractivity contribution in [2.75, 3.05) is 6.61 Å². The van der Waals surface area contributed by atoms with Gasteiger partial charge in [0.05, 0.1) is 12.7 Å². The molecule has 1 fully saturated rings. The number of carbonyl (C=O) groups excluding carboxylic acids is 1. The van der Waals surface area contributed by atoms with Gasteiger partial charge in [0.15, 0.2) is 6.29 Å². The standard InChI is InChI=1S/C16H22O3/c1-3-13-11-18-16(14-7-5-4-6-8-14)19-15(13)12(2)9-10-17/h4-8,10,12-13,15-16H,3,9,11H2,1-2H3/t12-,13+,15-,16+/m0/s1. The number of rotatable bonds is 5. The van der Waals surface area contributed by atoms with Crippen LogP contribution in [0.4, 0.5) is 0 Å². The third-order valence-electron chi connectivity index (χ3n) is 3.83. The molecule has 3 heteroatoms. The van der Waals surface area contributed by atoms with E-state index in [2.05, 4.69) is 13.8 Å². The van der Waals surface area contributed by atoms with E-state index >= 15 is 0 Å². The van der Waals surface area contributed by atoms with Gasteiger partial charge in [0, 0.05) is 17.9 Å². The summed E-state index contributed by atoms with van der Waals surface area (Å²) in [6, 6.07) is 9.97. The van der Waals surface area contributed by atoms with Crippen LogP contribution in [0.5, 0.6) is 0 Å². The Morgan fingerprint density at radius 2 is 2.11 bits per heavy atom. The molecule has 0 aromatic heterocycles. The van der Waals surface area contributed by atoms with Crippen LogP contribution < -0.4 is 0 Å². The summed E-state index contributed by atoms with van der Waals surface area (Å²) in [5.74, 6) is 0.604. The lowest BCUT2D eigenvalue weighted by Crippen LogP contribution is -2.40. The summed E-state index contributed by atoms with van der Waals surface area (Å²) < 4.78 is 11.9. The van der Waals surface area contributed by atoms with E-state index in [4.69, 9.17) is 9.47 Å². The highest BCUT2D eigenvalue weighted by molar-refractivity contribution is 5.49. The van der Waals surface area contributed by atoms with Crippen LogP contribution in [0.25, 0.3) is 0 Å². The molecule has 0 bridgehead atoms. The number of aldehydes is 1. The molecule has 4 atom stereocenters. The summed E-state index contributed by atoms with van der Waals surface area (Å²) in [5, 5.41) is 0. The van der Waals surface area contributed by atoms with Crippen LogP contribution in [0.1, 0.15) is 38.5 Å². The summed E-state index contributed by atoms with van der Waals surface area (Å²) >= 11 is 0. The number of hydrogen-bond acceptors (Lipinski definition) is 3. The Labute approximate surface area is 114 Å². The fourth-order valence-corrected chi connectivity index (χ4v) is 2.62. The fourth-order valence-electron chi connectivity index (χ4n) is 2.62. The zero-order valence-electron chi connectivity index (χ0n) is 11.6. The summed E-state index contributed by atoms with van der Waals surface area (Å²) in [7, 11) is 0. The van der Waals surface area contributed by atoms with Crippen molar-refractivity contribution >= 4 is 6.29 Å². The smallest absolute Gasteiger partial charge is 0.184 e. The van der Waals surface area contributed by atoms with Crippen molar-refractivity contribution in [3.8, 4) is 0 Å². The first kappa shape index (κ1) is 14.2. The van der Waals surface area contributed by atoms with Gasteiger partial charge in [-0.3, -0.25) is 0 Å². The van der Waals surface area contributed by atoms with Crippen LogP contribution in [0, 0.1) is 11.8 Å². The fraction of sp³-hybridized carbons (Fsp3) is 0.562. The Balaban J connectivity index is 2.09. The molecule has 1 aliphatic rings. The maximum atomic E-state index is 10.7. The maximum Gasteiger partial charge on any atom is 0.184 e. The third kappa shape index (κ3) is 3.43. The first-order chi connectivity index (χ1) is 9.26. The Bertz CT molecular complexity index is 390. The molecular formula is C16H22O3. The van der Waals surface area contributed by atoms with Crippen LogP contribution >= 0.6 is 0 Å². The van der Waals surface area contributed by atoms with Crippen molar-refractivity contribution in [2.45, 2.75) is 39.1 Å². The van der Waals surface area contributed by atoms with Gasteiger partial charge in [-0.15, -0.1) is 0 Å². The minimum atomic E-state index is -0.303. The monoisotopic (exact) mass is 262 g/mol. The average molecular weight is 262 g/mol. The summed E-state index contributed by atoms with van der Waals surface area (Å²) in [4.78, 5) is 10.7. The number of ether oxygens (including phenoxy) is 2. The lowest BCUT2D eigenvalue weighted by atomic mass is 9.88. The molecule has 3 nitrogen and oxygen atoms in total. The van der Waals surface area contributed by atoms with Gasteiger partial charge in [0.1, 0.15) is 6.29 Å². The molecule has 0 aliphatic carbocycles. The first-order valence-electron chi connectivity index (χ1n) is 7.01. The van der Waals surface area contributed by atoms with E-state index in [0.717, 1.165) is 18.3 Å². The van der Waals surface area contributed by atoms with Crippen LogP contribution in [0.2, 0.25) is 0 Å². The predicted molar refractivity (Wildman–Crippen MR) is 73.6 cm³/mol. The summed E-state index contributed by atoms with van der Waals surface area (Å²) in [5.41, 5.74) is 1.04. The molecule has 1 aliphatic heterocycles. The molecule has 2 rings (SSSR count). The van der Waals surface area contributed by atoms with E-state index in [-0.39, 0.29) is 18.3 Å². The highest BCUT2D eigenvalue weighted by Crippen LogP contribution is 2.34. The molecule has 19 heavy (non-hydrogen) atoms. The van der Waals surface area contributed by atoms with Crippen molar-refractivity contribution in [3.63, 3.8) is 0 Å². The lowest BCUT2D eigenvalue weighted by Gasteiger charge is -2.39. The highest BCUT2D eigenvalue weighted by atomic mass is 16.7. The van der Waals surface area contributed by atoms with Gasteiger partial charge >= 0.3 is 0 Å². The highest BCUT2D eigenvalue weighted by Gasteiger charge is 2.34. The quantitative estimate of drug-likeness (QED) is 0.763. The van der Waals surface area contributed by atoms with E-state index in [1.54, 1.807) is 0 Å². The topological polar surface area (TPSA) is 35.5 Å². The second-order valence-electron chi connectivity index (χ2n) is 5.22. The molecular weight excluding hydrogens is 240 g/mol. The van der Waals surface area contributed by atoms with Gasteiger partial charge in [0.25, 0.3) is 0 Å². The summed E-state index contributed by atoms with van der Waals surface area (Å²) in [6.07, 6.45) is 2.32. The van der Waals surface area contributed by atoms with Gasteiger partial charge in [-0.2, -0.15) is 0 Å². The Hall–Kier alpha value is -1.19. The minimum Gasteiger partial charge on any atom is -0.348 e.